The van der Waals surface area contributed by atoms with Crippen LogP contribution >= 0.6 is 0 Å². The van der Waals surface area contributed by atoms with Gasteiger partial charge in [-0.25, -0.2) is 0 Å². The van der Waals surface area contributed by atoms with Crippen molar-refractivity contribution in [3.63, 3.8) is 0 Å². The summed E-state index contributed by atoms with van der Waals surface area (Å²) < 4.78 is 11.1. The standard InChI is InChI=1S/C10H16O4/c11-9(12)5-4-8-6-13-10(14-8)7-2-1-3-7/h7-8,10H,1-6H2,(H,11,12). The molecule has 1 heterocycles. The molecule has 1 aliphatic heterocycles. The maximum atomic E-state index is 10.3. The van der Waals surface area contributed by atoms with Gasteiger partial charge in [0.25, 0.3) is 0 Å². The summed E-state index contributed by atoms with van der Waals surface area (Å²) in [5, 5.41) is 8.51. The van der Waals surface area contributed by atoms with Crippen molar-refractivity contribution in [2.75, 3.05) is 6.61 Å². The van der Waals surface area contributed by atoms with Crippen LogP contribution in [0.2, 0.25) is 0 Å². The predicted octanol–water partition coefficient (Wildman–Crippen LogP) is 1.39. The van der Waals surface area contributed by atoms with Crippen molar-refractivity contribution in [3.05, 3.63) is 0 Å². The van der Waals surface area contributed by atoms with Crippen molar-refractivity contribution in [1.29, 1.82) is 0 Å². The topological polar surface area (TPSA) is 55.8 Å². The highest BCUT2D eigenvalue weighted by Crippen LogP contribution is 2.35. The lowest BCUT2D eigenvalue weighted by atomic mass is 9.85. The Kier molecular flexibility index (Phi) is 3.03. The smallest absolute Gasteiger partial charge is 0.303 e. The molecular weight excluding hydrogens is 184 g/mol. The molecule has 2 aliphatic rings. The van der Waals surface area contributed by atoms with E-state index in [1.165, 1.54) is 19.3 Å². The van der Waals surface area contributed by atoms with Crippen molar-refractivity contribution < 1.29 is 19.4 Å². The molecule has 2 fully saturated rings. The first kappa shape index (κ1) is 9.93. The van der Waals surface area contributed by atoms with Crippen LogP contribution in [0, 0.1) is 5.92 Å². The number of carbonyl (C=O) groups is 1. The van der Waals surface area contributed by atoms with Crippen molar-refractivity contribution >= 4 is 5.97 Å². The summed E-state index contributed by atoms with van der Waals surface area (Å²) in [6.07, 6.45) is 4.34. The molecule has 80 valence electrons. The molecule has 2 rings (SSSR count). The van der Waals surface area contributed by atoms with Crippen molar-refractivity contribution in [3.8, 4) is 0 Å². The first-order chi connectivity index (χ1) is 6.75. The fourth-order valence-electron chi connectivity index (χ4n) is 1.87. The lowest BCUT2D eigenvalue weighted by molar-refractivity contribution is -0.139. The molecule has 1 saturated carbocycles. The molecule has 0 aromatic heterocycles. The van der Waals surface area contributed by atoms with Crippen LogP contribution in [0.25, 0.3) is 0 Å². The normalized spacial score (nSPS) is 32.9. The zero-order chi connectivity index (χ0) is 9.97. The monoisotopic (exact) mass is 200 g/mol. The molecule has 2 atom stereocenters. The number of ether oxygens (including phenoxy) is 2. The van der Waals surface area contributed by atoms with E-state index < -0.39 is 5.97 Å². The van der Waals surface area contributed by atoms with E-state index in [4.69, 9.17) is 14.6 Å². The quantitative estimate of drug-likeness (QED) is 0.745. The summed E-state index contributed by atoms with van der Waals surface area (Å²) in [6, 6.07) is 0. The van der Waals surface area contributed by atoms with Crippen molar-refractivity contribution in [2.24, 2.45) is 5.92 Å². The minimum atomic E-state index is -0.763. The second-order valence-electron chi connectivity index (χ2n) is 4.08. The molecule has 0 spiro atoms. The largest absolute Gasteiger partial charge is 0.481 e. The maximum absolute atomic E-state index is 10.3. The van der Waals surface area contributed by atoms with E-state index in [1.807, 2.05) is 0 Å². The van der Waals surface area contributed by atoms with Crippen LogP contribution in [0.5, 0.6) is 0 Å². The average molecular weight is 200 g/mol. The Morgan fingerprint density at radius 2 is 2.21 bits per heavy atom. The van der Waals surface area contributed by atoms with Gasteiger partial charge < -0.3 is 14.6 Å². The van der Waals surface area contributed by atoms with Crippen LogP contribution in [-0.4, -0.2) is 30.1 Å². The molecule has 0 aromatic carbocycles. The third kappa shape index (κ3) is 2.25. The molecule has 1 aliphatic carbocycles. The fourth-order valence-corrected chi connectivity index (χ4v) is 1.87. The first-order valence-electron chi connectivity index (χ1n) is 5.24. The van der Waals surface area contributed by atoms with Crippen molar-refractivity contribution in [1.82, 2.24) is 0 Å². The SMILES string of the molecule is O=C(O)CCC1COC(C2CCC2)O1. The summed E-state index contributed by atoms with van der Waals surface area (Å²) in [7, 11) is 0. The Morgan fingerprint density at radius 1 is 1.43 bits per heavy atom. The van der Waals surface area contributed by atoms with Gasteiger partial charge in [0.15, 0.2) is 6.29 Å². The number of hydrogen-bond acceptors (Lipinski definition) is 3. The maximum Gasteiger partial charge on any atom is 0.303 e. The molecule has 0 radical (unpaired) electrons. The summed E-state index contributed by atoms with van der Waals surface area (Å²) >= 11 is 0. The van der Waals surface area contributed by atoms with E-state index in [-0.39, 0.29) is 18.8 Å². The number of hydrogen-bond donors (Lipinski definition) is 1. The molecule has 0 bridgehead atoms. The van der Waals surface area contributed by atoms with E-state index in [0.717, 1.165) is 0 Å². The molecule has 0 amide bonds. The van der Waals surface area contributed by atoms with Gasteiger partial charge in [0.05, 0.1) is 12.7 Å². The second kappa shape index (κ2) is 4.28. The Bertz CT molecular complexity index is 212. The van der Waals surface area contributed by atoms with Gasteiger partial charge in [-0.05, 0) is 19.3 Å². The Balaban J connectivity index is 1.68. The number of rotatable bonds is 4. The van der Waals surface area contributed by atoms with Crippen LogP contribution < -0.4 is 0 Å². The van der Waals surface area contributed by atoms with E-state index in [9.17, 15) is 4.79 Å². The lowest BCUT2D eigenvalue weighted by Gasteiger charge is -2.29. The molecule has 0 aromatic rings. The number of aliphatic carboxylic acids is 1. The van der Waals surface area contributed by atoms with Crippen molar-refractivity contribution in [2.45, 2.75) is 44.5 Å². The van der Waals surface area contributed by atoms with Gasteiger partial charge in [-0.15, -0.1) is 0 Å². The Morgan fingerprint density at radius 3 is 2.79 bits per heavy atom. The third-order valence-electron chi connectivity index (χ3n) is 2.99. The van der Waals surface area contributed by atoms with Crippen LogP contribution in [0.1, 0.15) is 32.1 Å². The summed E-state index contributed by atoms with van der Waals surface area (Å²) in [4.78, 5) is 10.3. The second-order valence-corrected chi connectivity index (χ2v) is 4.08. The molecule has 2 unspecified atom stereocenters. The van der Waals surface area contributed by atoms with Gasteiger partial charge in [-0.2, -0.15) is 0 Å². The average Bonchev–Trinajstić information content (AvgIpc) is 2.46. The van der Waals surface area contributed by atoms with Crippen LogP contribution in [0.15, 0.2) is 0 Å². The number of carboxylic acids is 1. The minimum Gasteiger partial charge on any atom is -0.481 e. The third-order valence-corrected chi connectivity index (χ3v) is 2.99. The van der Waals surface area contributed by atoms with Crippen LogP contribution in [0.4, 0.5) is 0 Å². The van der Waals surface area contributed by atoms with Crippen LogP contribution in [-0.2, 0) is 14.3 Å². The molecule has 1 saturated heterocycles. The predicted molar refractivity (Wildman–Crippen MR) is 48.8 cm³/mol. The highest BCUT2D eigenvalue weighted by molar-refractivity contribution is 5.66. The molecule has 14 heavy (non-hydrogen) atoms. The summed E-state index contributed by atoms with van der Waals surface area (Å²) in [5.41, 5.74) is 0. The Labute approximate surface area is 83.2 Å². The van der Waals surface area contributed by atoms with Gasteiger partial charge in [-0.1, -0.05) is 6.42 Å². The van der Waals surface area contributed by atoms with Gasteiger partial charge in [0.2, 0.25) is 0 Å². The fraction of sp³-hybridized carbons (Fsp3) is 0.900. The van der Waals surface area contributed by atoms with E-state index in [0.29, 0.717) is 18.9 Å². The lowest BCUT2D eigenvalue weighted by Crippen LogP contribution is -2.28. The zero-order valence-electron chi connectivity index (χ0n) is 8.15. The van der Waals surface area contributed by atoms with E-state index >= 15 is 0 Å². The number of carboxylic acid groups (broad SMARTS) is 1. The highest BCUT2D eigenvalue weighted by Gasteiger charge is 2.35. The minimum absolute atomic E-state index is 0.00306. The Hall–Kier alpha value is -0.610. The highest BCUT2D eigenvalue weighted by atomic mass is 16.7. The van der Waals surface area contributed by atoms with Crippen LogP contribution in [0.3, 0.4) is 0 Å². The van der Waals surface area contributed by atoms with E-state index in [2.05, 4.69) is 0 Å². The van der Waals surface area contributed by atoms with Gasteiger partial charge in [0.1, 0.15) is 0 Å². The van der Waals surface area contributed by atoms with Gasteiger partial charge in [0, 0.05) is 12.3 Å². The molecular formula is C10H16O4. The first-order valence-corrected chi connectivity index (χ1v) is 5.24. The molecule has 1 N–H and O–H groups in total. The summed E-state index contributed by atoms with van der Waals surface area (Å²) in [6.45, 7) is 0.564. The van der Waals surface area contributed by atoms with Gasteiger partial charge >= 0.3 is 5.97 Å². The molecule has 4 nitrogen and oxygen atoms in total. The van der Waals surface area contributed by atoms with Gasteiger partial charge in [-0.3, -0.25) is 4.79 Å². The zero-order valence-corrected chi connectivity index (χ0v) is 8.15. The molecule has 4 heteroatoms. The summed E-state index contributed by atoms with van der Waals surface area (Å²) in [5.74, 6) is -0.203. The van der Waals surface area contributed by atoms with E-state index in [1.54, 1.807) is 0 Å².